The molecular formula is C12H20N2O. The van der Waals surface area contributed by atoms with Crippen LogP contribution in [0.3, 0.4) is 0 Å². The van der Waals surface area contributed by atoms with Gasteiger partial charge in [0.1, 0.15) is 0 Å². The van der Waals surface area contributed by atoms with Crippen molar-refractivity contribution in [2.24, 2.45) is 5.73 Å². The van der Waals surface area contributed by atoms with Gasteiger partial charge in [0.2, 0.25) is 0 Å². The first-order valence-electron chi connectivity index (χ1n) is 5.23. The Kier molecular flexibility index (Phi) is 5.32. The largest absolute Gasteiger partial charge is 0.383 e. The van der Waals surface area contributed by atoms with Crippen molar-refractivity contribution in [2.75, 3.05) is 33.9 Å². The van der Waals surface area contributed by atoms with Crippen LogP contribution < -0.4 is 5.73 Å². The molecule has 0 amide bonds. The number of rotatable bonds is 6. The van der Waals surface area contributed by atoms with E-state index in [1.54, 1.807) is 7.11 Å². The van der Waals surface area contributed by atoms with Gasteiger partial charge in [-0.3, -0.25) is 4.90 Å². The fraction of sp³-hybridized carbons (Fsp3) is 0.500. The van der Waals surface area contributed by atoms with Crippen LogP contribution >= 0.6 is 0 Å². The number of hydrogen-bond donors (Lipinski definition) is 1. The third-order valence-corrected chi connectivity index (χ3v) is 2.52. The summed E-state index contributed by atoms with van der Waals surface area (Å²) in [5.74, 6) is 0. The van der Waals surface area contributed by atoms with E-state index in [0.29, 0.717) is 19.2 Å². The summed E-state index contributed by atoms with van der Waals surface area (Å²) >= 11 is 0. The van der Waals surface area contributed by atoms with Gasteiger partial charge in [-0.25, -0.2) is 0 Å². The molecule has 1 unspecified atom stereocenters. The molecule has 1 aromatic carbocycles. The van der Waals surface area contributed by atoms with Crippen molar-refractivity contribution >= 4 is 0 Å². The van der Waals surface area contributed by atoms with Crippen molar-refractivity contribution in [1.82, 2.24) is 4.90 Å². The Morgan fingerprint density at radius 3 is 2.53 bits per heavy atom. The third-order valence-electron chi connectivity index (χ3n) is 2.52. The highest BCUT2D eigenvalue weighted by atomic mass is 16.5. The van der Waals surface area contributed by atoms with E-state index in [1.165, 1.54) is 5.56 Å². The number of nitrogens with two attached hydrogens (primary N) is 1. The highest BCUT2D eigenvalue weighted by molar-refractivity contribution is 5.19. The Hall–Kier alpha value is -0.900. The van der Waals surface area contributed by atoms with Gasteiger partial charge in [-0.05, 0) is 12.6 Å². The standard InChI is InChI=1S/C12H20N2O/c1-14(9-8-13)12(10-15-2)11-6-4-3-5-7-11/h3-7,12H,8-10,13H2,1-2H3. The van der Waals surface area contributed by atoms with E-state index in [2.05, 4.69) is 24.1 Å². The molecule has 15 heavy (non-hydrogen) atoms. The monoisotopic (exact) mass is 208 g/mol. The Bertz CT molecular complexity index is 264. The molecule has 0 saturated heterocycles. The van der Waals surface area contributed by atoms with E-state index in [-0.39, 0.29) is 0 Å². The molecule has 0 aliphatic heterocycles. The molecule has 1 aromatic rings. The van der Waals surface area contributed by atoms with Gasteiger partial charge in [0.15, 0.2) is 0 Å². The molecule has 1 rings (SSSR count). The van der Waals surface area contributed by atoms with Gasteiger partial charge < -0.3 is 10.5 Å². The van der Waals surface area contributed by atoms with E-state index in [4.69, 9.17) is 10.5 Å². The molecule has 0 fully saturated rings. The molecule has 0 heterocycles. The Morgan fingerprint density at radius 2 is 2.00 bits per heavy atom. The summed E-state index contributed by atoms with van der Waals surface area (Å²) in [4.78, 5) is 2.22. The van der Waals surface area contributed by atoms with Crippen LogP contribution in [0.1, 0.15) is 11.6 Å². The molecule has 0 radical (unpaired) electrons. The summed E-state index contributed by atoms with van der Waals surface area (Å²) in [6.45, 7) is 2.24. The van der Waals surface area contributed by atoms with E-state index in [1.807, 2.05) is 18.2 Å². The molecule has 0 saturated carbocycles. The quantitative estimate of drug-likeness (QED) is 0.765. The summed E-state index contributed by atoms with van der Waals surface area (Å²) in [7, 11) is 3.80. The van der Waals surface area contributed by atoms with Gasteiger partial charge in [0.25, 0.3) is 0 Å². The highest BCUT2D eigenvalue weighted by Crippen LogP contribution is 2.18. The topological polar surface area (TPSA) is 38.5 Å². The van der Waals surface area contributed by atoms with Crippen LogP contribution in [0.15, 0.2) is 30.3 Å². The maximum atomic E-state index is 5.56. The van der Waals surface area contributed by atoms with Crippen molar-refractivity contribution in [3.63, 3.8) is 0 Å². The Labute approximate surface area is 91.8 Å². The predicted octanol–water partition coefficient (Wildman–Crippen LogP) is 1.26. The minimum absolute atomic E-state index is 0.291. The van der Waals surface area contributed by atoms with E-state index in [9.17, 15) is 0 Å². The number of nitrogens with zero attached hydrogens (tertiary/aromatic N) is 1. The van der Waals surface area contributed by atoms with Crippen molar-refractivity contribution < 1.29 is 4.74 Å². The Balaban J connectivity index is 2.73. The molecule has 0 aromatic heterocycles. The number of benzene rings is 1. The van der Waals surface area contributed by atoms with E-state index in [0.717, 1.165) is 6.54 Å². The van der Waals surface area contributed by atoms with Crippen molar-refractivity contribution in [3.8, 4) is 0 Å². The zero-order valence-corrected chi connectivity index (χ0v) is 9.52. The molecular weight excluding hydrogens is 188 g/mol. The minimum atomic E-state index is 0.291. The van der Waals surface area contributed by atoms with Gasteiger partial charge in [0, 0.05) is 20.2 Å². The average Bonchev–Trinajstić information content (AvgIpc) is 2.27. The maximum Gasteiger partial charge on any atom is 0.0659 e. The van der Waals surface area contributed by atoms with Gasteiger partial charge in [0.05, 0.1) is 12.6 Å². The molecule has 84 valence electrons. The molecule has 2 N–H and O–H groups in total. The first-order valence-corrected chi connectivity index (χ1v) is 5.23. The van der Waals surface area contributed by atoms with Gasteiger partial charge in [-0.15, -0.1) is 0 Å². The number of ether oxygens (including phenoxy) is 1. The summed E-state index contributed by atoms with van der Waals surface area (Å²) in [5.41, 5.74) is 6.83. The number of methoxy groups -OCH3 is 1. The third kappa shape index (κ3) is 3.63. The lowest BCUT2D eigenvalue weighted by Gasteiger charge is -2.27. The summed E-state index contributed by atoms with van der Waals surface area (Å²) in [6, 6.07) is 10.7. The maximum absolute atomic E-state index is 5.56. The fourth-order valence-corrected chi connectivity index (χ4v) is 1.67. The summed E-state index contributed by atoms with van der Waals surface area (Å²) in [6.07, 6.45) is 0. The Morgan fingerprint density at radius 1 is 1.33 bits per heavy atom. The van der Waals surface area contributed by atoms with Crippen LogP contribution in [0.5, 0.6) is 0 Å². The first-order chi connectivity index (χ1) is 7.29. The second-order valence-electron chi connectivity index (χ2n) is 3.65. The lowest BCUT2D eigenvalue weighted by atomic mass is 10.1. The lowest BCUT2D eigenvalue weighted by molar-refractivity contribution is 0.108. The fourth-order valence-electron chi connectivity index (χ4n) is 1.67. The SMILES string of the molecule is COCC(c1ccccc1)N(C)CCN. The van der Waals surface area contributed by atoms with Crippen LogP contribution in [0.4, 0.5) is 0 Å². The van der Waals surface area contributed by atoms with Crippen LogP contribution in [0, 0.1) is 0 Å². The van der Waals surface area contributed by atoms with Gasteiger partial charge >= 0.3 is 0 Å². The van der Waals surface area contributed by atoms with Crippen molar-refractivity contribution in [1.29, 1.82) is 0 Å². The molecule has 3 heteroatoms. The smallest absolute Gasteiger partial charge is 0.0659 e. The molecule has 3 nitrogen and oxygen atoms in total. The lowest BCUT2D eigenvalue weighted by Crippen LogP contribution is -2.32. The minimum Gasteiger partial charge on any atom is -0.383 e. The average molecular weight is 208 g/mol. The first kappa shape index (κ1) is 12.2. The second kappa shape index (κ2) is 6.56. The van der Waals surface area contributed by atoms with Crippen LogP contribution in [-0.4, -0.2) is 38.8 Å². The normalized spacial score (nSPS) is 13.1. The molecule has 0 spiro atoms. The predicted molar refractivity (Wildman–Crippen MR) is 62.7 cm³/mol. The molecule has 0 aliphatic rings. The van der Waals surface area contributed by atoms with E-state index < -0.39 is 0 Å². The number of hydrogen-bond acceptors (Lipinski definition) is 3. The van der Waals surface area contributed by atoms with Gasteiger partial charge in [-0.1, -0.05) is 30.3 Å². The van der Waals surface area contributed by atoms with Crippen molar-refractivity contribution in [3.05, 3.63) is 35.9 Å². The number of likely N-dealkylation sites (N-methyl/N-ethyl adjacent to an activating group) is 1. The highest BCUT2D eigenvalue weighted by Gasteiger charge is 2.15. The zero-order valence-electron chi connectivity index (χ0n) is 9.52. The summed E-state index contributed by atoms with van der Waals surface area (Å²) < 4.78 is 5.24. The van der Waals surface area contributed by atoms with Gasteiger partial charge in [-0.2, -0.15) is 0 Å². The zero-order chi connectivity index (χ0) is 11.1. The summed E-state index contributed by atoms with van der Waals surface area (Å²) in [5, 5.41) is 0. The molecule has 0 bridgehead atoms. The molecule has 1 atom stereocenters. The van der Waals surface area contributed by atoms with Crippen molar-refractivity contribution in [2.45, 2.75) is 6.04 Å². The van der Waals surface area contributed by atoms with Crippen LogP contribution in [0.2, 0.25) is 0 Å². The van der Waals surface area contributed by atoms with E-state index >= 15 is 0 Å². The molecule has 0 aliphatic carbocycles. The van der Waals surface area contributed by atoms with Crippen LogP contribution in [0.25, 0.3) is 0 Å². The second-order valence-corrected chi connectivity index (χ2v) is 3.65. The van der Waals surface area contributed by atoms with Crippen LogP contribution in [-0.2, 0) is 4.74 Å².